The Morgan fingerprint density at radius 2 is 1.92 bits per heavy atom. The maximum absolute atomic E-state index is 11.9. The lowest BCUT2D eigenvalue weighted by molar-refractivity contribution is -0.180. The average molecular weight is 357 g/mol. The summed E-state index contributed by atoms with van der Waals surface area (Å²) >= 11 is 0. The molecule has 0 amide bonds. The summed E-state index contributed by atoms with van der Waals surface area (Å²) < 4.78 is 6.09. The van der Waals surface area contributed by atoms with E-state index in [9.17, 15) is 4.79 Å². The molecule has 4 rings (SSSR count). The van der Waals surface area contributed by atoms with Gasteiger partial charge in [-0.3, -0.25) is 4.79 Å². The van der Waals surface area contributed by atoms with Crippen LogP contribution in [0.15, 0.2) is 23.3 Å². The van der Waals surface area contributed by atoms with E-state index in [1.54, 1.807) is 12.5 Å². The molecule has 4 aliphatic carbocycles. The van der Waals surface area contributed by atoms with Crippen LogP contribution in [0.5, 0.6) is 0 Å². The van der Waals surface area contributed by atoms with Crippen LogP contribution in [0.3, 0.4) is 0 Å². The summed E-state index contributed by atoms with van der Waals surface area (Å²) in [7, 11) is 0. The number of hydrogen-bond donors (Lipinski definition) is 0. The fourth-order valence-electron chi connectivity index (χ4n) is 7.82. The summed E-state index contributed by atoms with van der Waals surface area (Å²) in [6, 6.07) is 0. The Labute approximate surface area is 159 Å². The van der Waals surface area contributed by atoms with Crippen molar-refractivity contribution in [3.8, 4) is 0 Å². The molecule has 2 fully saturated rings. The molecule has 2 nitrogen and oxygen atoms in total. The minimum Gasteiger partial charge on any atom is -0.459 e. The molecule has 4 aliphatic rings. The Bertz CT molecular complexity index is 674. The summed E-state index contributed by atoms with van der Waals surface area (Å²) in [5.41, 5.74) is 3.41. The molecule has 0 bridgehead atoms. The third-order valence-electron chi connectivity index (χ3n) is 9.08. The number of fused-ring (bicyclic) bond motifs is 5. The van der Waals surface area contributed by atoms with Crippen LogP contribution in [0.25, 0.3) is 0 Å². The Balaban J connectivity index is 1.75. The molecule has 0 N–H and O–H groups in total. The normalized spacial score (nSPS) is 47.2. The van der Waals surface area contributed by atoms with E-state index in [1.807, 2.05) is 0 Å². The second kappa shape index (κ2) is 5.97. The van der Waals surface area contributed by atoms with Gasteiger partial charge in [-0.1, -0.05) is 38.5 Å². The molecule has 0 saturated heterocycles. The van der Waals surface area contributed by atoms with E-state index >= 15 is 0 Å². The van der Waals surface area contributed by atoms with E-state index in [4.69, 9.17) is 4.74 Å². The third kappa shape index (κ3) is 2.26. The van der Waals surface area contributed by atoms with Crippen molar-refractivity contribution < 1.29 is 9.53 Å². The lowest BCUT2D eigenvalue weighted by Gasteiger charge is -2.58. The summed E-state index contributed by atoms with van der Waals surface area (Å²) in [5, 5.41) is 0. The number of carbonyl (C=O) groups excluding carboxylic acids is 1. The topological polar surface area (TPSA) is 26.3 Å². The Morgan fingerprint density at radius 3 is 2.62 bits per heavy atom. The van der Waals surface area contributed by atoms with Crippen LogP contribution in [-0.4, -0.2) is 11.6 Å². The average Bonchev–Trinajstić information content (AvgIpc) is 2.87. The standard InChI is InChI=1S/C24H36O2/c1-6-24(26-17(3)25)14-11-21-18-15-16(2)19-9-7-8-12-22(19,4)20(18)10-13-23(21,24)5/h9,15,18,20-21H,6-8,10-14H2,1-5H3/t18-,20+,21+,22+,23+,24-/m1/s1. The van der Waals surface area contributed by atoms with Crippen LogP contribution in [0.4, 0.5) is 0 Å². The molecule has 0 aromatic rings. The van der Waals surface area contributed by atoms with Gasteiger partial charge in [0.25, 0.3) is 0 Å². The molecule has 144 valence electrons. The monoisotopic (exact) mass is 356 g/mol. The van der Waals surface area contributed by atoms with E-state index in [1.165, 1.54) is 44.1 Å². The Hall–Kier alpha value is -1.05. The first-order chi connectivity index (χ1) is 12.3. The highest BCUT2D eigenvalue weighted by Crippen LogP contribution is 2.68. The third-order valence-corrected chi connectivity index (χ3v) is 9.08. The van der Waals surface area contributed by atoms with Gasteiger partial charge in [-0.05, 0) is 87.0 Å². The Morgan fingerprint density at radius 1 is 1.19 bits per heavy atom. The summed E-state index contributed by atoms with van der Waals surface area (Å²) in [6.45, 7) is 11.1. The van der Waals surface area contributed by atoms with Gasteiger partial charge in [-0.2, -0.15) is 0 Å². The first kappa shape index (κ1) is 18.3. The molecule has 0 aromatic carbocycles. The van der Waals surface area contributed by atoms with Gasteiger partial charge in [0.15, 0.2) is 0 Å². The SMILES string of the molecule is CC[C@@]1(OC(C)=O)CC[C@H]2[C@@H]3C=C(C)C4=CCCC[C@]4(C)[C@H]3CC[C@@]21C. The zero-order valence-corrected chi connectivity index (χ0v) is 17.4. The molecule has 2 saturated carbocycles. The van der Waals surface area contributed by atoms with Crippen molar-refractivity contribution >= 4 is 5.97 Å². The van der Waals surface area contributed by atoms with Crippen molar-refractivity contribution in [3.63, 3.8) is 0 Å². The molecule has 0 aromatic heterocycles. The van der Waals surface area contributed by atoms with Gasteiger partial charge < -0.3 is 4.74 Å². The molecular formula is C24H36O2. The molecule has 26 heavy (non-hydrogen) atoms. The van der Waals surface area contributed by atoms with Gasteiger partial charge in [-0.25, -0.2) is 0 Å². The van der Waals surface area contributed by atoms with Crippen molar-refractivity contribution in [2.24, 2.45) is 28.6 Å². The van der Waals surface area contributed by atoms with Crippen LogP contribution >= 0.6 is 0 Å². The van der Waals surface area contributed by atoms with E-state index in [0.29, 0.717) is 17.3 Å². The first-order valence-corrected chi connectivity index (χ1v) is 10.9. The molecule has 2 heteroatoms. The van der Waals surface area contributed by atoms with Crippen LogP contribution in [-0.2, 0) is 9.53 Å². The highest BCUT2D eigenvalue weighted by molar-refractivity contribution is 5.66. The lowest BCUT2D eigenvalue weighted by atomic mass is 9.47. The molecule has 0 heterocycles. The van der Waals surface area contributed by atoms with Crippen molar-refractivity contribution in [1.82, 2.24) is 0 Å². The van der Waals surface area contributed by atoms with E-state index < -0.39 is 0 Å². The van der Waals surface area contributed by atoms with Crippen LogP contribution in [0.1, 0.15) is 86.0 Å². The lowest BCUT2D eigenvalue weighted by Crippen LogP contribution is -2.55. The van der Waals surface area contributed by atoms with Crippen molar-refractivity contribution in [2.45, 2.75) is 91.6 Å². The van der Waals surface area contributed by atoms with E-state index in [2.05, 4.69) is 39.8 Å². The van der Waals surface area contributed by atoms with Gasteiger partial charge >= 0.3 is 5.97 Å². The van der Waals surface area contributed by atoms with Gasteiger partial charge in [0.2, 0.25) is 0 Å². The quantitative estimate of drug-likeness (QED) is 0.549. The van der Waals surface area contributed by atoms with Gasteiger partial charge in [-0.15, -0.1) is 0 Å². The zero-order valence-electron chi connectivity index (χ0n) is 17.4. The van der Waals surface area contributed by atoms with Gasteiger partial charge in [0.05, 0.1) is 0 Å². The van der Waals surface area contributed by atoms with E-state index in [-0.39, 0.29) is 17.0 Å². The second-order valence-corrected chi connectivity index (χ2v) is 10.0. The second-order valence-electron chi connectivity index (χ2n) is 10.0. The highest BCUT2D eigenvalue weighted by atomic mass is 16.6. The van der Waals surface area contributed by atoms with Crippen molar-refractivity contribution in [1.29, 1.82) is 0 Å². The zero-order chi connectivity index (χ0) is 18.7. The first-order valence-electron chi connectivity index (χ1n) is 10.9. The van der Waals surface area contributed by atoms with Crippen LogP contribution in [0, 0.1) is 28.6 Å². The number of hydrogen-bond acceptors (Lipinski definition) is 2. The van der Waals surface area contributed by atoms with E-state index in [0.717, 1.165) is 18.8 Å². The maximum Gasteiger partial charge on any atom is 0.303 e. The predicted octanol–water partition coefficient (Wildman–Crippen LogP) is 6.22. The smallest absolute Gasteiger partial charge is 0.303 e. The maximum atomic E-state index is 11.9. The fourth-order valence-corrected chi connectivity index (χ4v) is 7.82. The number of ether oxygens (including phenoxy) is 1. The van der Waals surface area contributed by atoms with Crippen LogP contribution in [0.2, 0.25) is 0 Å². The molecule has 0 unspecified atom stereocenters. The number of rotatable bonds is 2. The fraction of sp³-hybridized carbons (Fsp3) is 0.792. The summed E-state index contributed by atoms with van der Waals surface area (Å²) in [6.07, 6.45) is 14.8. The Kier molecular flexibility index (Phi) is 4.21. The van der Waals surface area contributed by atoms with Crippen molar-refractivity contribution in [3.05, 3.63) is 23.3 Å². The highest BCUT2D eigenvalue weighted by Gasteiger charge is 2.64. The van der Waals surface area contributed by atoms with Gasteiger partial charge in [0.1, 0.15) is 5.60 Å². The molecule has 0 radical (unpaired) electrons. The molecule has 6 atom stereocenters. The molecular weight excluding hydrogens is 320 g/mol. The number of allylic oxidation sites excluding steroid dienone is 4. The molecule has 0 aliphatic heterocycles. The number of esters is 1. The van der Waals surface area contributed by atoms with Gasteiger partial charge in [0, 0.05) is 12.3 Å². The number of carbonyl (C=O) groups is 1. The predicted molar refractivity (Wildman–Crippen MR) is 106 cm³/mol. The minimum atomic E-state index is -0.250. The van der Waals surface area contributed by atoms with Crippen LogP contribution < -0.4 is 0 Å². The van der Waals surface area contributed by atoms with Crippen molar-refractivity contribution in [2.75, 3.05) is 0 Å². The minimum absolute atomic E-state index is 0.101. The summed E-state index contributed by atoms with van der Waals surface area (Å²) in [4.78, 5) is 11.9. The molecule has 0 spiro atoms. The summed E-state index contributed by atoms with van der Waals surface area (Å²) in [5.74, 6) is 1.96. The largest absolute Gasteiger partial charge is 0.459 e.